The lowest BCUT2D eigenvalue weighted by atomic mass is 9.54. The fraction of sp³-hybridized carbons (Fsp3) is 0.875. The van der Waals surface area contributed by atoms with Crippen molar-refractivity contribution in [2.75, 3.05) is 0 Å². The third-order valence-corrected chi connectivity index (χ3v) is 3.53. The highest BCUT2D eigenvalue weighted by Crippen LogP contribution is 2.53. The van der Waals surface area contributed by atoms with Gasteiger partial charge in [0.2, 0.25) is 0 Å². The molecule has 0 spiro atoms. The molecule has 1 saturated carbocycles. The molecule has 1 aliphatic rings. The van der Waals surface area contributed by atoms with Gasteiger partial charge in [-0.15, -0.1) is 11.6 Å². The van der Waals surface area contributed by atoms with Crippen LogP contribution < -0.4 is 0 Å². The first-order chi connectivity index (χ1) is 4.31. The van der Waals surface area contributed by atoms with Crippen molar-refractivity contribution in [2.45, 2.75) is 33.1 Å². The van der Waals surface area contributed by atoms with Crippen LogP contribution in [-0.4, -0.2) is 11.2 Å². The van der Waals surface area contributed by atoms with E-state index < -0.39 is 0 Å². The number of hydrogen-bond donors (Lipinski definition) is 0. The first kappa shape index (κ1) is 8.06. The molecule has 58 valence electrons. The molecule has 1 nitrogen and oxygen atoms in total. The van der Waals surface area contributed by atoms with Crippen LogP contribution >= 0.6 is 11.6 Å². The quantitative estimate of drug-likeness (QED) is 0.497. The smallest absolute Gasteiger partial charge is 0.147 e. The Labute approximate surface area is 66.8 Å². The standard InChI is InChI=1S/C8H13ClO/c1-7(2)5(9)8(3,4)6(7)10/h5H,1-4H3. The van der Waals surface area contributed by atoms with E-state index in [1.165, 1.54) is 0 Å². The van der Waals surface area contributed by atoms with Crippen molar-refractivity contribution in [1.82, 2.24) is 0 Å². The fourth-order valence-electron chi connectivity index (χ4n) is 1.88. The van der Waals surface area contributed by atoms with Crippen LogP contribution in [0, 0.1) is 10.8 Å². The molecule has 0 N–H and O–H groups in total. The number of rotatable bonds is 0. The van der Waals surface area contributed by atoms with Crippen molar-refractivity contribution >= 4 is 17.4 Å². The zero-order chi connectivity index (χ0) is 8.15. The summed E-state index contributed by atoms with van der Waals surface area (Å²) >= 11 is 6.01. The van der Waals surface area contributed by atoms with E-state index in [9.17, 15) is 4.79 Å². The van der Waals surface area contributed by atoms with E-state index in [0.717, 1.165) is 0 Å². The minimum atomic E-state index is -0.301. The molecule has 1 fully saturated rings. The number of hydrogen-bond acceptors (Lipinski definition) is 1. The van der Waals surface area contributed by atoms with E-state index in [0.29, 0.717) is 0 Å². The molecule has 0 unspecified atom stereocenters. The van der Waals surface area contributed by atoms with Gasteiger partial charge < -0.3 is 0 Å². The van der Waals surface area contributed by atoms with Crippen LogP contribution in [0.4, 0.5) is 0 Å². The van der Waals surface area contributed by atoms with Gasteiger partial charge in [-0.25, -0.2) is 0 Å². The van der Waals surface area contributed by atoms with Crippen LogP contribution in [0.2, 0.25) is 0 Å². The highest BCUT2D eigenvalue weighted by molar-refractivity contribution is 6.28. The average Bonchev–Trinajstić information content (AvgIpc) is 1.84. The fourth-order valence-corrected chi connectivity index (χ4v) is 2.08. The summed E-state index contributed by atoms with van der Waals surface area (Å²) in [5.74, 6) is 0.278. The van der Waals surface area contributed by atoms with Gasteiger partial charge in [0.25, 0.3) is 0 Å². The van der Waals surface area contributed by atoms with Crippen LogP contribution in [0.1, 0.15) is 27.7 Å². The van der Waals surface area contributed by atoms with Crippen LogP contribution in [0.25, 0.3) is 0 Å². The molecule has 2 heteroatoms. The summed E-state index contributed by atoms with van der Waals surface area (Å²) in [6.45, 7) is 7.60. The Morgan fingerprint density at radius 1 is 1.20 bits per heavy atom. The molecule has 0 atom stereocenters. The Morgan fingerprint density at radius 2 is 1.50 bits per heavy atom. The van der Waals surface area contributed by atoms with Crippen molar-refractivity contribution in [3.05, 3.63) is 0 Å². The van der Waals surface area contributed by atoms with Gasteiger partial charge in [-0.2, -0.15) is 0 Å². The van der Waals surface area contributed by atoms with Crippen LogP contribution in [0.5, 0.6) is 0 Å². The highest BCUT2D eigenvalue weighted by Gasteiger charge is 2.60. The van der Waals surface area contributed by atoms with Gasteiger partial charge in [-0.3, -0.25) is 4.79 Å². The minimum Gasteiger partial charge on any atom is -0.298 e. The van der Waals surface area contributed by atoms with Crippen molar-refractivity contribution in [3.8, 4) is 0 Å². The maximum Gasteiger partial charge on any atom is 0.147 e. The van der Waals surface area contributed by atoms with E-state index in [1.54, 1.807) is 0 Å². The molecular formula is C8H13ClO. The van der Waals surface area contributed by atoms with Gasteiger partial charge >= 0.3 is 0 Å². The van der Waals surface area contributed by atoms with E-state index in [2.05, 4.69) is 0 Å². The van der Waals surface area contributed by atoms with E-state index in [1.807, 2.05) is 27.7 Å². The molecule has 1 rings (SSSR count). The van der Waals surface area contributed by atoms with Crippen molar-refractivity contribution in [3.63, 3.8) is 0 Å². The summed E-state index contributed by atoms with van der Waals surface area (Å²) in [6, 6.07) is 0. The number of carbonyl (C=O) groups is 1. The molecule has 0 radical (unpaired) electrons. The van der Waals surface area contributed by atoms with Gasteiger partial charge in [0.15, 0.2) is 0 Å². The van der Waals surface area contributed by atoms with E-state index in [4.69, 9.17) is 11.6 Å². The van der Waals surface area contributed by atoms with Crippen molar-refractivity contribution in [2.24, 2.45) is 10.8 Å². The summed E-state index contributed by atoms with van der Waals surface area (Å²) < 4.78 is 0. The van der Waals surface area contributed by atoms with Gasteiger partial charge in [-0.05, 0) is 0 Å². The van der Waals surface area contributed by atoms with E-state index >= 15 is 0 Å². The maximum absolute atomic E-state index is 11.3. The Kier molecular flexibility index (Phi) is 1.42. The summed E-state index contributed by atoms with van der Waals surface area (Å²) in [5, 5.41) is -0.00694. The first-order valence-electron chi connectivity index (χ1n) is 3.50. The van der Waals surface area contributed by atoms with Gasteiger partial charge in [0.1, 0.15) is 5.78 Å². The SMILES string of the molecule is CC1(C)C(=O)C(C)(C)C1Cl. The molecule has 10 heavy (non-hydrogen) atoms. The van der Waals surface area contributed by atoms with Crippen molar-refractivity contribution in [1.29, 1.82) is 0 Å². The lowest BCUT2D eigenvalue weighted by Crippen LogP contribution is -2.61. The lowest BCUT2D eigenvalue weighted by molar-refractivity contribution is -0.150. The summed E-state index contributed by atoms with van der Waals surface area (Å²) in [7, 11) is 0. The van der Waals surface area contributed by atoms with Gasteiger partial charge in [0.05, 0.1) is 5.38 Å². The second-order valence-corrected chi connectivity index (χ2v) is 4.57. The van der Waals surface area contributed by atoms with E-state index in [-0.39, 0.29) is 22.0 Å². The minimum absolute atomic E-state index is 0.00694. The average molecular weight is 161 g/mol. The number of carbonyl (C=O) groups excluding carboxylic acids is 1. The molecular weight excluding hydrogens is 148 g/mol. The lowest BCUT2D eigenvalue weighted by Gasteiger charge is -2.52. The molecule has 1 aliphatic carbocycles. The Morgan fingerprint density at radius 3 is 1.60 bits per heavy atom. The maximum atomic E-state index is 11.3. The molecule has 0 bridgehead atoms. The van der Waals surface area contributed by atoms with Crippen LogP contribution in [0.15, 0.2) is 0 Å². The Hall–Kier alpha value is -0.0400. The summed E-state index contributed by atoms with van der Waals surface area (Å²) in [5.41, 5.74) is -0.601. The number of halogens is 1. The molecule has 0 aliphatic heterocycles. The summed E-state index contributed by atoms with van der Waals surface area (Å²) in [4.78, 5) is 11.3. The monoisotopic (exact) mass is 160 g/mol. The normalized spacial score (nSPS) is 29.9. The molecule has 0 aromatic heterocycles. The predicted octanol–water partition coefficient (Wildman–Crippen LogP) is 2.23. The zero-order valence-corrected chi connectivity index (χ0v) is 7.62. The topological polar surface area (TPSA) is 17.1 Å². The molecule has 0 aromatic rings. The second kappa shape index (κ2) is 1.76. The Balaban J connectivity index is 2.89. The largest absolute Gasteiger partial charge is 0.298 e. The zero-order valence-electron chi connectivity index (χ0n) is 6.86. The number of ketones is 1. The third-order valence-electron chi connectivity index (χ3n) is 2.44. The molecule has 0 aromatic carbocycles. The van der Waals surface area contributed by atoms with Gasteiger partial charge in [-0.1, -0.05) is 27.7 Å². The molecule has 0 amide bonds. The summed E-state index contributed by atoms with van der Waals surface area (Å²) in [6.07, 6.45) is 0. The highest BCUT2D eigenvalue weighted by atomic mass is 35.5. The van der Waals surface area contributed by atoms with Crippen molar-refractivity contribution < 1.29 is 4.79 Å². The number of alkyl halides is 1. The van der Waals surface area contributed by atoms with Crippen LogP contribution in [0.3, 0.4) is 0 Å². The first-order valence-corrected chi connectivity index (χ1v) is 3.94. The van der Waals surface area contributed by atoms with Gasteiger partial charge in [0, 0.05) is 10.8 Å². The number of Topliss-reactive ketones (excluding diaryl/α,β-unsaturated/α-hetero) is 1. The predicted molar refractivity (Wildman–Crippen MR) is 42.2 cm³/mol. The Bertz CT molecular complexity index is 164. The van der Waals surface area contributed by atoms with Crippen LogP contribution in [-0.2, 0) is 4.79 Å². The second-order valence-electron chi connectivity index (χ2n) is 4.14. The molecule has 0 heterocycles. The molecule has 0 saturated heterocycles. The third kappa shape index (κ3) is 0.672.